The summed E-state index contributed by atoms with van der Waals surface area (Å²) in [6.07, 6.45) is 4.83. The number of hydrogen-bond donors (Lipinski definition) is 1. The zero-order valence-electron chi connectivity index (χ0n) is 8.97. The maximum atomic E-state index is 10.6. The van der Waals surface area contributed by atoms with Crippen LogP contribution in [0.15, 0.2) is 28.7 Å². The highest BCUT2D eigenvalue weighted by molar-refractivity contribution is 9.10. The number of nitrogens with one attached hydrogen (secondary N) is 1. The Kier molecular flexibility index (Phi) is 5.56. The van der Waals surface area contributed by atoms with E-state index in [0.717, 1.165) is 16.5 Å². The van der Waals surface area contributed by atoms with Crippen molar-refractivity contribution in [1.29, 1.82) is 0 Å². The first-order valence-corrected chi connectivity index (χ1v) is 6.12. The van der Waals surface area contributed by atoms with Gasteiger partial charge in [0.2, 0.25) is 5.91 Å². The molecule has 1 rings (SSSR count). The van der Waals surface area contributed by atoms with Gasteiger partial charge in [0, 0.05) is 23.0 Å². The van der Waals surface area contributed by atoms with Crippen LogP contribution < -0.4 is 5.32 Å². The van der Waals surface area contributed by atoms with Crippen LogP contribution in [0.3, 0.4) is 0 Å². The lowest BCUT2D eigenvalue weighted by Crippen LogP contribution is -2.20. The summed E-state index contributed by atoms with van der Waals surface area (Å²) in [5.41, 5.74) is 1.08. The monoisotopic (exact) mass is 301 g/mol. The Labute approximate surface area is 109 Å². The van der Waals surface area contributed by atoms with Gasteiger partial charge < -0.3 is 5.32 Å². The molecule has 0 saturated carbocycles. The average molecular weight is 303 g/mol. The molecule has 0 saturated heterocycles. The molecule has 2 nitrogen and oxygen atoms in total. The molecule has 0 fully saturated rings. The van der Waals surface area contributed by atoms with E-state index in [1.807, 2.05) is 30.4 Å². The molecule has 0 aliphatic heterocycles. The molecule has 16 heavy (non-hydrogen) atoms. The van der Waals surface area contributed by atoms with E-state index in [4.69, 9.17) is 11.6 Å². The molecule has 0 aliphatic rings. The van der Waals surface area contributed by atoms with Crippen molar-refractivity contribution in [3.63, 3.8) is 0 Å². The normalized spacial score (nSPS) is 10.7. The van der Waals surface area contributed by atoms with Crippen molar-refractivity contribution in [2.75, 3.05) is 6.54 Å². The number of rotatable bonds is 4. The van der Waals surface area contributed by atoms with E-state index in [-0.39, 0.29) is 5.91 Å². The number of benzene rings is 1. The Balaban J connectivity index is 2.47. The summed E-state index contributed by atoms with van der Waals surface area (Å²) < 4.78 is 0.968. The molecule has 0 atom stereocenters. The molecule has 0 radical (unpaired) electrons. The predicted octanol–water partition coefficient (Wildman–Crippen LogP) is 3.64. The van der Waals surface area contributed by atoms with Crippen molar-refractivity contribution >= 4 is 39.5 Å². The molecule has 0 spiro atoms. The zero-order valence-corrected chi connectivity index (χ0v) is 11.3. The van der Waals surface area contributed by atoms with E-state index in [2.05, 4.69) is 21.2 Å². The van der Waals surface area contributed by atoms with Gasteiger partial charge in [-0.15, -0.1) is 0 Å². The fourth-order valence-corrected chi connectivity index (χ4v) is 1.99. The van der Waals surface area contributed by atoms with E-state index in [0.29, 0.717) is 11.6 Å². The highest BCUT2D eigenvalue weighted by Gasteiger charge is 1.96. The first-order valence-electron chi connectivity index (χ1n) is 4.95. The zero-order chi connectivity index (χ0) is 12.0. The van der Waals surface area contributed by atoms with Crippen molar-refractivity contribution in [3.8, 4) is 0 Å². The molecule has 0 bridgehead atoms. The van der Waals surface area contributed by atoms with Gasteiger partial charge in [-0.2, -0.15) is 0 Å². The number of amides is 1. The third-order valence-electron chi connectivity index (χ3n) is 1.94. The second-order valence-electron chi connectivity index (χ2n) is 3.34. The van der Waals surface area contributed by atoms with Gasteiger partial charge in [0.1, 0.15) is 0 Å². The number of halogens is 2. The van der Waals surface area contributed by atoms with E-state index >= 15 is 0 Å². The summed E-state index contributed by atoms with van der Waals surface area (Å²) in [7, 11) is 0. The minimum absolute atomic E-state index is 0.000994. The van der Waals surface area contributed by atoms with Crippen LogP contribution >= 0.6 is 27.5 Å². The van der Waals surface area contributed by atoms with Crippen molar-refractivity contribution in [3.05, 3.63) is 39.3 Å². The van der Waals surface area contributed by atoms with E-state index in [9.17, 15) is 4.79 Å². The van der Waals surface area contributed by atoms with Crippen molar-refractivity contribution in [2.24, 2.45) is 0 Å². The van der Waals surface area contributed by atoms with Gasteiger partial charge in [-0.3, -0.25) is 4.79 Å². The molecule has 1 N–H and O–H groups in total. The van der Waals surface area contributed by atoms with E-state index in [1.165, 1.54) is 6.92 Å². The fraction of sp³-hybridized carbons (Fsp3) is 0.250. The SMILES string of the molecule is CC(=O)NCCC=Cc1ccc(Cl)cc1Br. The molecule has 1 amide bonds. The summed E-state index contributed by atoms with van der Waals surface area (Å²) in [6, 6.07) is 5.65. The Hall–Kier alpha value is -0.800. The van der Waals surface area contributed by atoms with Crippen LogP contribution in [0.25, 0.3) is 6.08 Å². The van der Waals surface area contributed by atoms with Crippen LogP contribution in [0.1, 0.15) is 18.9 Å². The third kappa shape index (κ3) is 4.81. The maximum absolute atomic E-state index is 10.6. The van der Waals surface area contributed by atoms with Crippen molar-refractivity contribution in [2.45, 2.75) is 13.3 Å². The molecule has 86 valence electrons. The molecular weight excluding hydrogens is 289 g/mol. The van der Waals surface area contributed by atoms with Gasteiger partial charge >= 0.3 is 0 Å². The second-order valence-corrected chi connectivity index (χ2v) is 4.63. The van der Waals surface area contributed by atoms with Gasteiger partial charge in [0.25, 0.3) is 0 Å². The summed E-state index contributed by atoms with van der Waals surface area (Å²) >= 11 is 9.27. The average Bonchev–Trinajstić information content (AvgIpc) is 2.20. The van der Waals surface area contributed by atoms with Crippen LogP contribution in [0.4, 0.5) is 0 Å². The highest BCUT2D eigenvalue weighted by Crippen LogP contribution is 2.22. The lowest BCUT2D eigenvalue weighted by molar-refractivity contribution is -0.118. The topological polar surface area (TPSA) is 29.1 Å². The van der Waals surface area contributed by atoms with Gasteiger partial charge in [0.05, 0.1) is 0 Å². The summed E-state index contributed by atoms with van der Waals surface area (Å²) in [4.78, 5) is 10.6. The highest BCUT2D eigenvalue weighted by atomic mass is 79.9. The predicted molar refractivity (Wildman–Crippen MR) is 71.5 cm³/mol. The van der Waals surface area contributed by atoms with E-state index in [1.54, 1.807) is 0 Å². The summed E-state index contributed by atoms with van der Waals surface area (Å²) in [5, 5.41) is 3.44. The second kappa shape index (κ2) is 6.71. The summed E-state index contributed by atoms with van der Waals surface area (Å²) in [6.45, 7) is 2.18. The standard InChI is InChI=1S/C12H13BrClNO/c1-9(16)15-7-3-2-4-10-5-6-11(14)8-12(10)13/h2,4-6,8H,3,7H2,1H3,(H,15,16). The Morgan fingerprint density at radius 3 is 2.94 bits per heavy atom. The molecule has 4 heteroatoms. The number of carbonyl (C=O) groups excluding carboxylic acids is 1. The molecular formula is C12H13BrClNO. The van der Waals surface area contributed by atoms with Gasteiger partial charge in [-0.25, -0.2) is 0 Å². The smallest absolute Gasteiger partial charge is 0.216 e. The Morgan fingerprint density at radius 2 is 2.31 bits per heavy atom. The van der Waals surface area contributed by atoms with E-state index < -0.39 is 0 Å². The first-order chi connectivity index (χ1) is 7.59. The third-order valence-corrected chi connectivity index (χ3v) is 2.87. The van der Waals surface area contributed by atoms with Crippen molar-refractivity contribution in [1.82, 2.24) is 5.32 Å². The molecule has 1 aromatic rings. The van der Waals surface area contributed by atoms with Crippen LogP contribution in [0.5, 0.6) is 0 Å². The minimum atomic E-state index is 0.000994. The molecule has 0 aliphatic carbocycles. The van der Waals surface area contributed by atoms with Crippen LogP contribution in [-0.2, 0) is 4.79 Å². The Bertz CT molecular complexity index is 404. The molecule has 0 aromatic heterocycles. The largest absolute Gasteiger partial charge is 0.356 e. The van der Waals surface area contributed by atoms with Crippen molar-refractivity contribution < 1.29 is 4.79 Å². The molecule has 1 aromatic carbocycles. The number of carbonyl (C=O) groups is 1. The van der Waals surface area contributed by atoms with Gasteiger partial charge in [-0.1, -0.05) is 45.7 Å². The summed E-state index contributed by atoms with van der Waals surface area (Å²) in [5.74, 6) is 0.000994. The van der Waals surface area contributed by atoms with Gasteiger partial charge in [0.15, 0.2) is 0 Å². The van der Waals surface area contributed by atoms with Crippen LogP contribution in [0, 0.1) is 0 Å². The first kappa shape index (κ1) is 13.3. The van der Waals surface area contributed by atoms with Crippen LogP contribution in [0.2, 0.25) is 5.02 Å². The molecule has 0 heterocycles. The quantitative estimate of drug-likeness (QED) is 0.845. The van der Waals surface area contributed by atoms with Crippen LogP contribution in [-0.4, -0.2) is 12.5 Å². The Morgan fingerprint density at radius 1 is 1.56 bits per heavy atom. The lowest BCUT2D eigenvalue weighted by Gasteiger charge is -2.00. The maximum Gasteiger partial charge on any atom is 0.216 e. The minimum Gasteiger partial charge on any atom is -0.356 e. The fourth-order valence-electron chi connectivity index (χ4n) is 1.18. The molecule has 0 unspecified atom stereocenters. The van der Waals surface area contributed by atoms with Gasteiger partial charge in [-0.05, 0) is 24.1 Å². The number of hydrogen-bond acceptors (Lipinski definition) is 1. The lowest BCUT2D eigenvalue weighted by atomic mass is 10.2.